The van der Waals surface area contributed by atoms with Crippen LogP contribution in [0, 0.1) is 17.0 Å². The SMILES string of the molecule is NC(=NCC1(CCO)CCCC1)Nc1cc(F)ccc1F. The van der Waals surface area contributed by atoms with Crippen LogP contribution in [0.2, 0.25) is 0 Å². The molecule has 0 amide bonds. The molecule has 116 valence electrons. The monoisotopic (exact) mass is 297 g/mol. The number of nitrogens with two attached hydrogens (primary N) is 1. The molecule has 2 rings (SSSR count). The molecule has 4 N–H and O–H groups in total. The highest BCUT2D eigenvalue weighted by molar-refractivity contribution is 5.92. The Morgan fingerprint density at radius 1 is 1.33 bits per heavy atom. The van der Waals surface area contributed by atoms with Gasteiger partial charge in [-0.15, -0.1) is 0 Å². The molecule has 0 aliphatic heterocycles. The lowest BCUT2D eigenvalue weighted by atomic mass is 9.83. The Labute approximate surface area is 123 Å². The third kappa shape index (κ3) is 4.14. The first-order valence-corrected chi connectivity index (χ1v) is 7.17. The molecule has 1 aliphatic carbocycles. The maximum atomic E-state index is 13.5. The Morgan fingerprint density at radius 2 is 2.05 bits per heavy atom. The number of halogens is 2. The topological polar surface area (TPSA) is 70.6 Å². The van der Waals surface area contributed by atoms with Crippen LogP contribution < -0.4 is 11.1 Å². The van der Waals surface area contributed by atoms with Crippen molar-refractivity contribution < 1.29 is 13.9 Å². The maximum Gasteiger partial charge on any atom is 0.193 e. The van der Waals surface area contributed by atoms with Crippen LogP contribution in [-0.2, 0) is 0 Å². The fourth-order valence-corrected chi connectivity index (χ4v) is 2.87. The van der Waals surface area contributed by atoms with E-state index in [-0.39, 0.29) is 23.7 Å². The molecule has 0 unspecified atom stereocenters. The van der Waals surface area contributed by atoms with Gasteiger partial charge >= 0.3 is 0 Å². The first-order chi connectivity index (χ1) is 10.0. The Hall–Kier alpha value is -1.69. The summed E-state index contributed by atoms with van der Waals surface area (Å²) in [5.74, 6) is -1.07. The first-order valence-electron chi connectivity index (χ1n) is 7.17. The van der Waals surface area contributed by atoms with Crippen LogP contribution in [0.25, 0.3) is 0 Å². The van der Waals surface area contributed by atoms with E-state index in [1.807, 2.05) is 0 Å². The number of guanidine groups is 1. The van der Waals surface area contributed by atoms with E-state index >= 15 is 0 Å². The summed E-state index contributed by atoms with van der Waals surface area (Å²) in [7, 11) is 0. The zero-order valence-corrected chi connectivity index (χ0v) is 11.9. The molecule has 0 heterocycles. The fraction of sp³-hybridized carbons (Fsp3) is 0.533. The Kier molecular flexibility index (Phi) is 5.12. The Morgan fingerprint density at radius 3 is 2.71 bits per heavy atom. The molecule has 1 aromatic carbocycles. The minimum atomic E-state index is -0.583. The van der Waals surface area contributed by atoms with Crippen molar-refractivity contribution in [2.45, 2.75) is 32.1 Å². The lowest BCUT2D eigenvalue weighted by molar-refractivity contribution is 0.191. The molecule has 1 aliphatic rings. The average molecular weight is 297 g/mol. The van der Waals surface area contributed by atoms with Crippen molar-refractivity contribution in [1.29, 1.82) is 0 Å². The van der Waals surface area contributed by atoms with Crippen molar-refractivity contribution in [1.82, 2.24) is 0 Å². The molecule has 1 saturated carbocycles. The number of rotatable bonds is 5. The van der Waals surface area contributed by atoms with Crippen molar-refractivity contribution >= 4 is 11.6 Å². The molecule has 6 heteroatoms. The highest BCUT2D eigenvalue weighted by Gasteiger charge is 2.33. The first kappa shape index (κ1) is 15.7. The second-order valence-corrected chi connectivity index (χ2v) is 5.63. The van der Waals surface area contributed by atoms with Gasteiger partial charge in [-0.25, -0.2) is 8.78 Å². The molecular weight excluding hydrogens is 276 g/mol. The molecule has 1 aromatic rings. The molecule has 0 aromatic heterocycles. The highest BCUT2D eigenvalue weighted by atomic mass is 19.1. The molecule has 4 nitrogen and oxygen atoms in total. The third-order valence-corrected chi connectivity index (χ3v) is 4.08. The molecular formula is C15H21F2N3O. The fourth-order valence-electron chi connectivity index (χ4n) is 2.87. The van der Waals surface area contributed by atoms with Crippen LogP contribution in [0.15, 0.2) is 23.2 Å². The number of anilines is 1. The lowest BCUT2D eigenvalue weighted by Crippen LogP contribution is -2.28. The standard InChI is InChI=1S/C15H21F2N3O/c16-11-3-4-12(17)13(9-11)20-14(18)19-10-15(7-8-21)5-1-2-6-15/h3-4,9,21H,1-2,5-8,10H2,(H3,18,19,20). The molecule has 0 saturated heterocycles. The van der Waals surface area contributed by atoms with Crippen LogP contribution in [0.5, 0.6) is 0 Å². The summed E-state index contributed by atoms with van der Waals surface area (Å²) in [6.07, 6.45) is 4.97. The Balaban J connectivity index is 2.02. The van der Waals surface area contributed by atoms with E-state index in [1.54, 1.807) is 0 Å². The number of aliphatic hydroxyl groups is 1. The van der Waals surface area contributed by atoms with E-state index in [4.69, 9.17) is 5.73 Å². The van der Waals surface area contributed by atoms with Gasteiger partial charge in [-0.05, 0) is 36.8 Å². The molecule has 0 radical (unpaired) electrons. The quantitative estimate of drug-likeness (QED) is 0.578. The van der Waals surface area contributed by atoms with Gasteiger partial charge in [0.1, 0.15) is 11.6 Å². The van der Waals surface area contributed by atoms with Gasteiger partial charge in [-0.3, -0.25) is 4.99 Å². The van der Waals surface area contributed by atoms with Gasteiger partial charge in [-0.2, -0.15) is 0 Å². The lowest BCUT2D eigenvalue weighted by Gasteiger charge is -2.26. The largest absolute Gasteiger partial charge is 0.396 e. The van der Waals surface area contributed by atoms with Gasteiger partial charge < -0.3 is 16.2 Å². The van der Waals surface area contributed by atoms with Gasteiger partial charge in [0.2, 0.25) is 0 Å². The van der Waals surface area contributed by atoms with Crippen molar-refractivity contribution in [3.63, 3.8) is 0 Å². The number of hydrogen-bond acceptors (Lipinski definition) is 2. The average Bonchev–Trinajstić information content (AvgIpc) is 2.90. The van der Waals surface area contributed by atoms with Gasteiger partial charge in [0, 0.05) is 19.2 Å². The molecule has 21 heavy (non-hydrogen) atoms. The van der Waals surface area contributed by atoms with E-state index in [9.17, 15) is 13.9 Å². The van der Waals surface area contributed by atoms with E-state index in [2.05, 4.69) is 10.3 Å². The van der Waals surface area contributed by atoms with E-state index in [1.165, 1.54) is 0 Å². The summed E-state index contributed by atoms with van der Waals surface area (Å²) in [4.78, 5) is 4.25. The molecule has 0 bridgehead atoms. The summed E-state index contributed by atoms with van der Waals surface area (Å²) in [5.41, 5.74) is 5.70. The molecule has 0 spiro atoms. The van der Waals surface area contributed by atoms with Crippen LogP contribution in [0.3, 0.4) is 0 Å². The zero-order valence-electron chi connectivity index (χ0n) is 11.9. The number of nitrogens with one attached hydrogen (secondary N) is 1. The summed E-state index contributed by atoms with van der Waals surface area (Å²) < 4.78 is 26.6. The van der Waals surface area contributed by atoms with Gasteiger partial charge in [-0.1, -0.05) is 12.8 Å². The number of aliphatic hydroxyl groups excluding tert-OH is 1. The van der Waals surface area contributed by atoms with E-state index in [0.717, 1.165) is 43.9 Å². The number of benzene rings is 1. The Bertz CT molecular complexity index is 514. The predicted molar refractivity (Wildman–Crippen MR) is 79.1 cm³/mol. The minimum absolute atomic E-state index is 0.0124. The number of nitrogens with zero attached hydrogens (tertiary/aromatic N) is 1. The van der Waals surface area contributed by atoms with Gasteiger partial charge in [0.15, 0.2) is 5.96 Å². The summed E-state index contributed by atoms with van der Waals surface area (Å²) >= 11 is 0. The normalized spacial score (nSPS) is 18.0. The third-order valence-electron chi connectivity index (χ3n) is 4.08. The van der Waals surface area contributed by atoms with Crippen LogP contribution in [0.4, 0.5) is 14.5 Å². The van der Waals surface area contributed by atoms with E-state index in [0.29, 0.717) is 13.0 Å². The number of aliphatic imine (C=N–C) groups is 1. The number of hydrogen-bond donors (Lipinski definition) is 3. The van der Waals surface area contributed by atoms with Crippen molar-refractivity contribution in [2.24, 2.45) is 16.1 Å². The second kappa shape index (κ2) is 6.85. The van der Waals surface area contributed by atoms with E-state index < -0.39 is 11.6 Å². The maximum absolute atomic E-state index is 13.5. The van der Waals surface area contributed by atoms with Crippen molar-refractivity contribution in [3.05, 3.63) is 29.8 Å². The highest BCUT2D eigenvalue weighted by Crippen LogP contribution is 2.41. The second-order valence-electron chi connectivity index (χ2n) is 5.63. The van der Waals surface area contributed by atoms with Crippen LogP contribution >= 0.6 is 0 Å². The summed E-state index contributed by atoms with van der Waals surface area (Å²) in [5, 5.41) is 11.8. The smallest absolute Gasteiger partial charge is 0.193 e. The minimum Gasteiger partial charge on any atom is -0.396 e. The van der Waals surface area contributed by atoms with Crippen molar-refractivity contribution in [2.75, 3.05) is 18.5 Å². The van der Waals surface area contributed by atoms with Crippen molar-refractivity contribution in [3.8, 4) is 0 Å². The van der Waals surface area contributed by atoms with Gasteiger partial charge in [0.05, 0.1) is 5.69 Å². The van der Waals surface area contributed by atoms with Gasteiger partial charge in [0.25, 0.3) is 0 Å². The summed E-state index contributed by atoms with van der Waals surface area (Å²) in [6.45, 7) is 0.616. The molecule has 0 atom stereocenters. The molecule has 1 fully saturated rings. The van der Waals surface area contributed by atoms with Crippen LogP contribution in [-0.4, -0.2) is 24.2 Å². The van der Waals surface area contributed by atoms with Crippen LogP contribution in [0.1, 0.15) is 32.1 Å². The zero-order chi connectivity index (χ0) is 15.3. The predicted octanol–water partition coefficient (Wildman–Crippen LogP) is 2.63. The summed E-state index contributed by atoms with van der Waals surface area (Å²) in [6, 6.07) is 3.12.